The molecule has 2 fully saturated rings. The molecule has 0 aromatic heterocycles. The molecular weight excluding hydrogens is 392 g/mol. The lowest BCUT2D eigenvalue weighted by Gasteiger charge is -2.43. The van der Waals surface area contributed by atoms with Crippen molar-refractivity contribution in [1.29, 1.82) is 0 Å². The predicted octanol–water partition coefficient (Wildman–Crippen LogP) is 4.00. The number of benzene rings is 2. The minimum atomic E-state index is -2.62. The molecule has 30 heavy (non-hydrogen) atoms. The van der Waals surface area contributed by atoms with Gasteiger partial charge in [-0.3, -0.25) is 0 Å². The minimum Gasteiger partial charge on any atom is -0.487 e. The number of rotatable bonds is 5. The van der Waals surface area contributed by atoms with Crippen LogP contribution in [0.15, 0.2) is 73.0 Å². The van der Waals surface area contributed by atoms with E-state index in [0.717, 1.165) is 0 Å². The van der Waals surface area contributed by atoms with Gasteiger partial charge in [-0.15, -0.1) is 0 Å². The Morgan fingerprint density at radius 1 is 0.933 bits per heavy atom. The molecule has 0 amide bonds. The Labute approximate surface area is 180 Å². The molecule has 4 rings (SSSR count). The van der Waals surface area contributed by atoms with Gasteiger partial charge in [-0.25, -0.2) is 0 Å². The average Bonchev–Trinajstić information content (AvgIpc) is 3.17. The SMILES string of the molecule is C=C1O[C@H](CO[Si](c2ccccc2)(c2ccccc2)C(C)(C)C)[C@H]2OC(C)(C)O[C@@H]12. The minimum absolute atomic E-state index is 0.0863. The first-order valence-electron chi connectivity index (χ1n) is 10.6. The van der Waals surface area contributed by atoms with Gasteiger partial charge in [-0.1, -0.05) is 88.0 Å². The van der Waals surface area contributed by atoms with Crippen molar-refractivity contribution in [3.05, 3.63) is 73.0 Å². The number of hydrogen-bond donors (Lipinski definition) is 0. The quantitative estimate of drug-likeness (QED) is 0.680. The van der Waals surface area contributed by atoms with Crippen LogP contribution in [0.5, 0.6) is 0 Å². The Hall–Kier alpha value is -1.92. The number of ether oxygens (including phenoxy) is 3. The summed E-state index contributed by atoms with van der Waals surface area (Å²) in [4.78, 5) is 0. The maximum Gasteiger partial charge on any atom is 0.261 e. The summed E-state index contributed by atoms with van der Waals surface area (Å²) in [6.45, 7) is 15.2. The second-order valence-electron chi connectivity index (χ2n) is 9.62. The average molecular weight is 425 g/mol. The van der Waals surface area contributed by atoms with E-state index in [2.05, 4.69) is 88.0 Å². The van der Waals surface area contributed by atoms with Crippen molar-refractivity contribution in [2.75, 3.05) is 6.61 Å². The first-order chi connectivity index (χ1) is 14.1. The van der Waals surface area contributed by atoms with E-state index in [9.17, 15) is 0 Å². The monoisotopic (exact) mass is 424 g/mol. The van der Waals surface area contributed by atoms with E-state index in [4.69, 9.17) is 18.6 Å². The van der Waals surface area contributed by atoms with Crippen LogP contribution in [0.1, 0.15) is 34.6 Å². The Kier molecular flexibility index (Phi) is 5.43. The van der Waals surface area contributed by atoms with Crippen molar-refractivity contribution in [1.82, 2.24) is 0 Å². The van der Waals surface area contributed by atoms with Crippen LogP contribution in [0.3, 0.4) is 0 Å². The lowest BCUT2D eigenvalue weighted by molar-refractivity contribution is -0.168. The summed E-state index contributed by atoms with van der Waals surface area (Å²) >= 11 is 0. The van der Waals surface area contributed by atoms with Crippen molar-refractivity contribution in [2.45, 2.75) is 63.8 Å². The molecule has 2 heterocycles. The highest BCUT2D eigenvalue weighted by atomic mass is 28.4. The van der Waals surface area contributed by atoms with Gasteiger partial charge in [-0.05, 0) is 29.3 Å². The fourth-order valence-electron chi connectivity index (χ4n) is 4.74. The maximum atomic E-state index is 7.01. The molecule has 0 N–H and O–H groups in total. The summed E-state index contributed by atoms with van der Waals surface area (Å²) in [6, 6.07) is 21.3. The van der Waals surface area contributed by atoms with E-state index in [1.54, 1.807) is 0 Å². The van der Waals surface area contributed by atoms with Crippen molar-refractivity contribution >= 4 is 18.7 Å². The Balaban J connectivity index is 1.70. The predicted molar refractivity (Wildman–Crippen MR) is 121 cm³/mol. The summed E-state index contributed by atoms with van der Waals surface area (Å²) < 4.78 is 25.2. The zero-order chi connectivity index (χ0) is 21.6. The van der Waals surface area contributed by atoms with Crippen molar-refractivity contribution in [3.8, 4) is 0 Å². The van der Waals surface area contributed by atoms with Crippen molar-refractivity contribution in [2.24, 2.45) is 0 Å². The molecule has 2 aromatic carbocycles. The fourth-order valence-corrected chi connectivity index (χ4v) is 9.31. The summed E-state index contributed by atoms with van der Waals surface area (Å²) in [6.07, 6.45) is -0.690. The highest BCUT2D eigenvalue weighted by Crippen LogP contribution is 2.42. The van der Waals surface area contributed by atoms with Gasteiger partial charge in [0.15, 0.2) is 5.79 Å². The molecule has 0 aliphatic carbocycles. The van der Waals surface area contributed by atoms with Gasteiger partial charge < -0.3 is 18.6 Å². The second-order valence-corrected chi connectivity index (χ2v) is 13.9. The van der Waals surface area contributed by atoms with Gasteiger partial charge in [0.1, 0.15) is 24.1 Å². The topological polar surface area (TPSA) is 36.9 Å². The van der Waals surface area contributed by atoms with Crippen LogP contribution in [0.25, 0.3) is 0 Å². The third kappa shape index (κ3) is 3.64. The summed E-state index contributed by atoms with van der Waals surface area (Å²) in [7, 11) is -2.62. The van der Waals surface area contributed by atoms with E-state index >= 15 is 0 Å². The lowest BCUT2D eigenvalue weighted by atomic mass is 10.1. The van der Waals surface area contributed by atoms with Crippen molar-refractivity contribution in [3.63, 3.8) is 0 Å². The van der Waals surface area contributed by atoms with Gasteiger partial charge in [0.2, 0.25) is 0 Å². The molecule has 4 nitrogen and oxygen atoms in total. The molecule has 2 saturated heterocycles. The van der Waals surface area contributed by atoms with Gasteiger partial charge in [-0.2, -0.15) is 0 Å². The standard InChI is InChI=1S/C25H32O4Si/c1-18-22-23(29-25(5,6)28-22)21(27-18)17-26-30(24(2,3)4,19-13-9-7-10-14-19)20-15-11-8-12-16-20/h7-16,21-23H,1,17H2,2-6H3/t21-,22+,23-/m1/s1. The third-order valence-corrected chi connectivity index (χ3v) is 11.0. The molecule has 2 aliphatic heterocycles. The Morgan fingerprint density at radius 2 is 1.47 bits per heavy atom. The van der Waals surface area contributed by atoms with Crippen LogP contribution in [-0.2, 0) is 18.6 Å². The van der Waals surface area contributed by atoms with Crippen LogP contribution in [-0.4, -0.2) is 39.0 Å². The number of hydrogen-bond acceptors (Lipinski definition) is 4. The van der Waals surface area contributed by atoms with E-state index in [1.165, 1.54) is 10.4 Å². The van der Waals surface area contributed by atoms with E-state index < -0.39 is 14.1 Å². The third-order valence-electron chi connectivity index (χ3n) is 6.00. The van der Waals surface area contributed by atoms with Gasteiger partial charge in [0.25, 0.3) is 8.32 Å². The van der Waals surface area contributed by atoms with Gasteiger partial charge >= 0.3 is 0 Å². The van der Waals surface area contributed by atoms with E-state index in [0.29, 0.717) is 12.4 Å². The molecule has 5 heteroatoms. The zero-order valence-electron chi connectivity index (χ0n) is 18.6. The molecule has 0 spiro atoms. The summed E-state index contributed by atoms with van der Waals surface area (Å²) in [5, 5.41) is 2.42. The van der Waals surface area contributed by atoms with E-state index in [-0.39, 0.29) is 23.4 Å². The summed E-state index contributed by atoms with van der Waals surface area (Å²) in [5.74, 6) is -0.0147. The van der Waals surface area contributed by atoms with Crippen molar-refractivity contribution < 1.29 is 18.6 Å². The molecule has 0 bridgehead atoms. The normalized spacial score (nSPS) is 25.8. The van der Waals surface area contributed by atoms with Crippen LogP contribution in [0.4, 0.5) is 0 Å². The summed E-state index contributed by atoms with van der Waals surface area (Å²) in [5.41, 5.74) is 0. The fraction of sp³-hybridized carbons (Fsp3) is 0.440. The molecular formula is C25H32O4Si. The molecule has 0 unspecified atom stereocenters. The molecule has 3 atom stereocenters. The first-order valence-corrected chi connectivity index (χ1v) is 12.5. The highest BCUT2D eigenvalue weighted by Gasteiger charge is 2.55. The smallest absolute Gasteiger partial charge is 0.261 e. The molecule has 2 aliphatic rings. The van der Waals surface area contributed by atoms with Gasteiger partial charge in [0.05, 0.1) is 6.61 Å². The highest BCUT2D eigenvalue weighted by molar-refractivity contribution is 6.99. The molecule has 2 aromatic rings. The van der Waals surface area contributed by atoms with Crippen LogP contribution >= 0.6 is 0 Å². The van der Waals surface area contributed by atoms with Crippen LogP contribution in [0, 0.1) is 0 Å². The number of fused-ring (bicyclic) bond motifs is 1. The largest absolute Gasteiger partial charge is 0.487 e. The maximum absolute atomic E-state index is 7.01. The lowest BCUT2D eigenvalue weighted by Crippen LogP contribution is -2.67. The molecule has 0 radical (unpaired) electrons. The van der Waals surface area contributed by atoms with Gasteiger partial charge in [0, 0.05) is 0 Å². The van der Waals surface area contributed by atoms with E-state index in [1.807, 2.05) is 13.8 Å². The Bertz CT molecular complexity index is 849. The molecule has 0 saturated carbocycles. The van der Waals surface area contributed by atoms with Crippen LogP contribution < -0.4 is 10.4 Å². The van der Waals surface area contributed by atoms with Crippen LogP contribution in [0.2, 0.25) is 5.04 Å². The first kappa shape index (κ1) is 21.3. The zero-order valence-corrected chi connectivity index (χ0v) is 19.6. The second kappa shape index (κ2) is 7.64. The Morgan fingerprint density at radius 3 is 1.97 bits per heavy atom. The molecule has 160 valence electrons.